The van der Waals surface area contributed by atoms with E-state index in [0.717, 1.165) is 0 Å². The van der Waals surface area contributed by atoms with E-state index in [0.29, 0.717) is 15.8 Å². The largest absolute Gasteiger partial charge is 0.491 e. The van der Waals surface area contributed by atoms with E-state index in [-0.39, 0.29) is 19.8 Å². The molecule has 0 atom stereocenters. The van der Waals surface area contributed by atoms with E-state index >= 15 is 0 Å². The van der Waals surface area contributed by atoms with Crippen LogP contribution in [0.15, 0.2) is 18.2 Å². The third-order valence-electron chi connectivity index (χ3n) is 1.56. The fourth-order valence-electron chi connectivity index (χ4n) is 0.990. The minimum atomic E-state index is -1.01. The van der Waals surface area contributed by atoms with Crippen molar-refractivity contribution in [2.75, 3.05) is 19.8 Å². The summed E-state index contributed by atoms with van der Waals surface area (Å²) < 4.78 is 10.0. The Hall–Kier alpha value is -0.970. The van der Waals surface area contributed by atoms with Gasteiger partial charge in [0.15, 0.2) is 0 Å². The lowest BCUT2D eigenvalue weighted by atomic mass is 10.3. The molecule has 1 N–H and O–H groups in total. The average Bonchev–Trinajstić information content (AvgIpc) is 2.15. The number of carboxylic acids is 1. The highest BCUT2D eigenvalue weighted by Crippen LogP contribution is 2.23. The summed E-state index contributed by atoms with van der Waals surface area (Å²) in [5.74, 6) is -0.484. The molecular weight excluding hydrogens is 255 g/mol. The summed E-state index contributed by atoms with van der Waals surface area (Å²) >= 11 is 11.5. The summed E-state index contributed by atoms with van der Waals surface area (Å²) in [5, 5.41) is 9.26. The highest BCUT2D eigenvalue weighted by molar-refractivity contribution is 6.34. The molecule has 0 bridgehead atoms. The molecule has 1 aromatic rings. The minimum Gasteiger partial charge on any atom is -0.491 e. The van der Waals surface area contributed by atoms with Gasteiger partial charge in [0, 0.05) is 10.0 Å². The average molecular weight is 265 g/mol. The summed E-state index contributed by atoms with van der Waals surface area (Å²) in [6.07, 6.45) is 0. The summed E-state index contributed by atoms with van der Waals surface area (Å²) in [7, 11) is 0. The molecule has 0 saturated carbocycles. The highest BCUT2D eigenvalue weighted by atomic mass is 35.5. The number of aliphatic carboxylic acids is 1. The van der Waals surface area contributed by atoms with Crippen LogP contribution in [0.25, 0.3) is 0 Å². The Bertz CT molecular complexity index is 348. The molecule has 1 aromatic carbocycles. The van der Waals surface area contributed by atoms with Gasteiger partial charge in [-0.3, -0.25) is 0 Å². The number of halogens is 2. The molecule has 0 fully saturated rings. The Morgan fingerprint density at radius 2 is 1.81 bits per heavy atom. The van der Waals surface area contributed by atoms with E-state index in [2.05, 4.69) is 0 Å². The van der Waals surface area contributed by atoms with Crippen molar-refractivity contribution in [3.63, 3.8) is 0 Å². The van der Waals surface area contributed by atoms with Crippen LogP contribution in [0.5, 0.6) is 5.75 Å². The first-order valence-electron chi connectivity index (χ1n) is 4.46. The lowest BCUT2D eigenvalue weighted by molar-refractivity contribution is -0.142. The van der Waals surface area contributed by atoms with Gasteiger partial charge in [-0.05, 0) is 18.2 Å². The van der Waals surface area contributed by atoms with Crippen molar-refractivity contribution in [3.05, 3.63) is 28.2 Å². The smallest absolute Gasteiger partial charge is 0.329 e. The molecule has 0 heterocycles. The fraction of sp³-hybridized carbons (Fsp3) is 0.300. The van der Waals surface area contributed by atoms with E-state index < -0.39 is 5.97 Å². The monoisotopic (exact) mass is 264 g/mol. The fourth-order valence-corrected chi connectivity index (χ4v) is 1.50. The zero-order valence-corrected chi connectivity index (χ0v) is 9.79. The SMILES string of the molecule is O=C(O)COCCOc1cc(Cl)cc(Cl)c1. The van der Waals surface area contributed by atoms with Crippen molar-refractivity contribution in [2.24, 2.45) is 0 Å². The maximum Gasteiger partial charge on any atom is 0.329 e. The van der Waals surface area contributed by atoms with Gasteiger partial charge in [0.2, 0.25) is 0 Å². The third kappa shape index (κ3) is 5.21. The highest BCUT2D eigenvalue weighted by Gasteiger charge is 2.00. The van der Waals surface area contributed by atoms with Crippen LogP contribution in [-0.4, -0.2) is 30.9 Å². The van der Waals surface area contributed by atoms with Crippen LogP contribution in [0.4, 0.5) is 0 Å². The second kappa shape index (κ2) is 6.58. The predicted octanol–water partition coefficient (Wildman–Crippen LogP) is 2.47. The normalized spacial score (nSPS) is 10.1. The number of carboxylic acid groups (broad SMARTS) is 1. The lowest BCUT2D eigenvalue weighted by Crippen LogP contribution is -2.12. The van der Waals surface area contributed by atoms with E-state index in [1.807, 2.05) is 0 Å². The van der Waals surface area contributed by atoms with Crippen molar-refractivity contribution in [2.45, 2.75) is 0 Å². The van der Waals surface area contributed by atoms with E-state index in [4.69, 9.17) is 37.8 Å². The van der Waals surface area contributed by atoms with Crippen LogP contribution in [0.3, 0.4) is 0 Å². The Morgan fingerprint density at radius 1 is 1.19 bits per heavy atom. The molecule has 16 heavy (non-hydrogen) atoms. The topological polar surface area (TPSA) is 55.8 Å². The summed E-state index contributed by atoms with van der Waals surface area (Å²) in [6.45, 7) is 0.0973. The molecule has 0 aliphatic heterocycles. The van der Waals surface area contributed by atoms with Gasteiger partial charge in [0.1, 0.15) is 19.0 Å². The summed E-state index contributed by atoms with van der Waals surface area (Å²) in [5.41, 5.74) is 0. The summed E-state index contributed by atoms with van der Waals surface area (Å²) in [6, 6.07) is 4.83. The molecule has 0 unspecified atom stereocenters. The number of hydrogen-bond donors (Lipinski definition) is 1. The van der Waals surface area contributed by atoms with Crippen LogP contribution in [0.2, 0.25) is 10.0 Å². The first-order valence-corrected chi connectivity index (χ1v) is 5.22. The van der Waals surface area contributed by atoms with Crippen LogP contribution in [-0.2, 0) is 9.53 Å². The second-order valence-corrected chi connectivity index (χ2v) is 3.77. The molecule has 0 saturated heterocycles. The van der Waals surface area contributed by atoms with Crippen molar-refractivity contribution < 1.29 is 19.4 Å². The van der Waals surface area contributed by atoms with Crippen LogP contribution in [0, 0.1) is 0 Å². The van der Waals surface area contributed by atoms with Crippen LogP contribution in [0.1, 0.15) is 0 Å². The molecule has 6 heteroatoms. The molecule has 1 rings (SSSR count). The Morgan fingerprint density at radius 3 is 2.38 bits per heavy atom. The van der Waals surface area contributed by atoms with E-state index in [9.17, 15) is 4.79 Å². The van der Waals surface area contributed by atoms with Crippen LogP contribution >= 0.6 is 23.2 Å². The Balaban J connectivity index is 2.29. The predicted molar refractivity (Wildman–Crippen MR) is 60.4 cm³/mol. The van der Waals surface area contributed by atoms with Gasteiger partial charge in [0.25, 0.3) is 0 Å². The lowest BCUT2D eigenvalue weighted by Gasteiger charge is -2.06. The number of rotatable bonds is 6. The van der Waals surface area contributed by atoms with Crippen molar-refractivity contribution in [3.8, 4) is 5.75 Å². The minimum absolute atomic E-state index is 0.191. The standard InChI is InChI=1S/C10H10Cl2O4/c11-7-3-8(12)5-9(4-7)16-2-1-15-6-10(13)14/h3-5H,1-2,6H2,(H,13,14). The quantitative estimate of drug-likeness (QED) is 0.803. The molecule has 0 radical (unpaired) electrons. The molecule has 88 valence electrons. The molecule has 0 aliphatic rings. The van der Waals surface area contributed by atoms with Crippen molar-refractivity contribution in [1.82, 2.24) is 0 Å². The number of carbonyl (C=O) groups is 1. The van der Waals surface area contributed by atoms with Gasteiger partial charge < -0.3 is 14.6 Å². The third-order valence-corrected chi connectivity index (χ3v) is 1.99. The molecule has 0 aromatic heterocycles. The first kappa shape index (κ1) is 13.1. The van der Waals surface area contributed by atoms with E-state index in [1.54, 1.807) is 18.2 Å². The molecule has 0 aliphatic carbocycles. The molecular formula is C10H10Cl2O4. The van der Waals surface area contributed by atoms with Gasteiger partial charge in [-0.2, -0.15) is 0 Å². The number of hydrogen-bond acceptors (Lipinski definition) is 3. The Labute approximate surface area is 103 Å². The maximum atomic E-state index is 10.1. The number of benzene rings is 1. The van der Waals surface area contributed by atoms with E-state index in [1.165, 1.54) is 0 Å². The molecule has 0 spiro atoms. The molecule has 4 nitrogen and oxygen atoms in total. The van der Waals surface area contributed by atoms with Gasteiger partial charge in [0.05, 0.1) is 6.61 Å². The van der Waals surface area contributed by atoms with Crippen molar-refractivity contribution >= 4 is 29.2 Å². The van der Waals surface area contributed by atoms with Gasteiger partial charge in [-0.1, -0.05) is 23.2 Å². The van der Waals surface area contributed by atoms with Gasteiger partial charge in [-0.15, -0.1) is 0 Å². The zero-order chi connectivity index (χ0) is 12.0. The van der Waals surface area contributed by atoms with Crippen molar-refractivity contribution in [1.29, 1.82) is 0 Å². The Kier molecular flexibility index (Phi) is 5.38. The zero-order valence-electron chi connectivity index (χ0n) is 8.28. The first-order chi connectivity index (χ1) is 7.58. The van der Waals surface area contributed by atoms with Gasteiger partial charge in [-0.25, -0.2) is 4.79 Å². The number of ether oxygens (including phenoxy) is 2. The van der Waals surface area contributed by atoms with Crippen LogP contribution < -0.4 is 4.74 Å². The molecule has 0 amide bonds. The summed E-state index contributed by atoms with van der Waals surface area (Å²) in [4.78, 5) is 10.1. The maximum absolute atomic E-state index is 10.1. The second-order valence-electron chi connectivity index (χ2n) is 2.90. The van der Waals surface area contributed by atoms with Gasteiger partial charge >= 0.3 is 5.97 Å².